The van der Waals surface area contributed by atoms with E-state index in [1.807, 2.05) is 12.1 Å². The Labute approximate surface area is 136 Å². The third kappa shape index (κ3) is 5.02. The van der Waals surface area contributed by atoms with Crippen molar-refractivity contribution < 1.29 is 4.74 Å². The Morgan fingerprint density at radius 2 is 2.33 bits per heavy atom. The zero-order valence-electron chi connectivity index (χ0n) is 12.5. The van der Waals surface area contributed by atoms with Crippen molar-refractivity contribution in [1.82, 2.24) is 10.2 Å². The van der Waals surface area contributed by atoms with Crippen LogP contribution in [-0.4, -0.2) is 43.8 Å². The zero-order valence-corrected chi connectivity index (χ0v) is 14.1. The molecule has 2 N–H and O–H groups in total. The predicted octanol–water partition coefficient (Wildman–Crippen LogP) is 2.98. The number of likely N-dealkylation sites (tertiary alicyclic amines) is 1. The van der Waals surface area contributed by atoms with Gasteiger partial charge in [0.05, 0.1) is 12.8 Å². The molecule has 1 heterocycles. The minimum atomic E-state index is 0.601. The molecule has 4 nitrogen and oxygen atoms in total. The van der Waals surface area contributed by atoms with E-state index in [9.17, 15) is 0 Å². The molecule has 1 saturated heterocycles. The lowest BCUT2D eigenvalue weighted by molar-refractivity contribution is 0.211. The first-order valence-corrected chi connectivity index (χ1v) is 7.94. The number of rotatable bonds is 4. The third-order valence-corrected chi connectivity index (χ3v) is 4.16. The fraction of sp³-hybridized carbons (Fsp3) is 0.533. The van der Waals surface area contributed by atoms with Crippen LogP contribution in [0.5, 0.6) is 5.75 Å². The summed E-state index contributed by atoms with van der Waals surface area (Å²) < 4.78 is 5.29. The number of thiocarbonyl (C=S) groups is 1. The third-order valence-electron chi connectivity index (χ3n) is 3.68. The number of halogens is 1. The summed E-state index contributed by atoms with van der Waals surface area (Å²) in [5.41, 5.74) is 0.781. The molecular formula is C15H22ClN3OS. The van der Waals surface area contributed by atoms with Crippen molar-refractivity contribution in [2.75, 3.05) is 39.1 Å². The highest BCUT2D eigenvalue weighted by Gasteiger charge is 2.17. The number of methoxy groups -OCH3 is 1. The first kappa shape index (κ1) is 16.3. The van der Waals surface area contributed by atoms with Gasteiger partial charge in [-0.3, -0.25) is 0 Å². The molecule has 0 spiro atoms. The second kappa shape index (κ2) is 7.82. The van der Waals surface area contributed by atoms with Crippen LogP contribution in [0.4, 0.5) is 5.69 Å². The van der Waals surface area contributed by atoms with E-state index in [1.165, 1.54) is 19.4 Å². The van der Waals surface area contributed by atoms with Gasteiger partial charge in [-0.2, -0.15) is 0 Å². The molecule has 0 aromatic heterocycles. The van der Waals surface area contributed by atoms with Crippen LogP contribution < -0.4 is 15.4 Å². The summed E-state index contributed by atoms with van der Waals surface area (Å²) in [5, 5.41) is 7.69. The van der Waals surface area contributed by atoms with Crippen molar-refractivity contribution in [3.05, 3.63) is 23.2 Å². The van der Waals surface area contributed by atoms with Gasteiger partial charge in [-0.05, 0) is 62.8 Å². The van der Waals surface area contributed by atoms with Crippen LogP contribution in [-0.2, 0) is 0 Å². The first-order valence-electron chi connectivity index (χ1n) is 7.15. The summed E-state index contributed by atoms with van der Waals surface area (Å²) >= 11 is 11.4. The van der Waals surface area contributed by atoms with Gasteiger partial charge in [-0.15, -0.1) is 0 Å². The maximum Gasteiger partial charge on any atom is 0.170 e. The average Bonchev–Trinajstić information content (AvgIpc) is 2.45. The van der Waals surface area contributed by atoms with Crippen LogP contribution in [0.1, 0.15) is 12.8 Å². The summed E-state index contributed by atoms with van der Waals surface area (Å²) in [6.45, 7) is 3.20. The van der Waals surface area contributed by atoms with Crippen LogP contribution in [0.2, 0.25) is 5.02 Å². The molecule has 1 aromatic rings. The molecule has 21 heavy (non-hydrogen) atoms. The van der Waals surface area contributed by atoms with Gasteiger partial charge in [0, 0.05) is 18.1 Å². The summed E-state index contributed by atoms with van der Waals surface area (Å²) in [6.07, 6.45) is 2.51. The normalized spacial score (nSPS) is 19.1. The highest BCUT2D eigenvalue weighted by atomic mass is 35.5. The van der Waals surface area contributed by atoms with Crippen molar-refractivity contribution in [3.8, 4) is 5.75 Å². The van der Waals surface area contributed by atoms with E-state index < -0.39 is 0 Å². The topological polar surface area (TPSA) is 36.5 Å². The lowest BCUT2D eigenvalue weighted by atomic mass is 9.99. The van der Waals surface area contributed by atoms with E-state index >= 15 is 0 Å². The van der Waals surface area contributed by atoms with Crippen LogP contribution in [0.25, 0.3) is 0 Å². The fourth-order valence-electron chi connectivity index (χ4n) is 2.62. The van der Waals surface area contributed by atoms with Crippen LogP contribution in [0, 0.1) is 5.92 Å². The Kier molecular flexibility index (Phi) is 6.08. The molecule has 1 fully saturated rings. The number of hydrogen-bond acceptors (Lipinski definition) is 3. The number of nitrogens with zero attached hydrogens (tertiary/aromatic N) is 1. The fourth-order valence-corrected chi connectivity index (χ4v) is 2.99. The van der Waals surface area contributed by atoms with Gasteiger partial charge >= 0.3 is 0 Å². The number of anilines is 1. The maximum atomic E-state index is 6.01. The predicted molar refractivity (Wildman–Crippen MR) is 92.4 cm³/mol. The summed E-state index contributed by atoms with van der Waals surface area (Å²) in [5.74, 6) is 1.37. The smallest absolute Gasteiger partial charge is 0.170 e. The van der Waals surface area contributed by atoms with E-state index in [1.54, 1.807) is 13.2 Å². The number of hydrogen-bond donors (Lipinski definition) is 2. The zero-order chi connectivity index (χ0) is 15.2. The van der Waals surface area contributed by atoms with E-state index in [0.29, 0.717) is 16.1 Å². The molecule has 0 bridgehead atoms. The molecule has 1 aromatic carbocycles. The standard InChI is InChI=1S/C15H22ClN3OS/c1-19-7-3-4-11(10-19)9-17-15(21)18-13-8-12(16)5-6-14(13)20-2/h5-6,8,11H,3-4,7,9-10H2,1-2H3,(H2,17,18,21)/t11-/m0/s1. The number of nitrogens with one attached hydrogen (secondary N) is 2. The quantitative estimate of drug-likeness (QED) is 0.832. The molecule has 0 radical (unpaired) electrons. The maximum absolute atomic E-state index is 6.01. The van der Waals surface area contributed by atoms with Gasteiger partial charge in [0.15, 0.2) is 5.11 Å². The largest absolute Gasteiger partial charge is 0.495 e. The minimum Gasteiger partial charge on any atom is -0.495 e. The molecule has 1 aliphatic heterocycles. The van der Waals surface area contributed by atoms with Crippen LogP contribution in [0.3, 0.4) is 0 Å². The van der Waals surface area contributed by atoms with Crippen molar-refractivity contribution in [2.45, 2.75) is 12.8 Å². The molecule has 116 valence electrons. The highest BCUT2D eigenvalue weighted by Crippen LogP contribution is 2.27. The Bertz CT molecular complexity index is 498. The number of benzene rings is 1. The highest BCUT2D eigenvalue weighted by molar-refractivity contribution is 7.80. The monoisotopic (exact) mass is 327 g/mol. The van der Waals surface area contributed by atoms with Crippen molar-refractivity contribution in [3.63, 3.8) is 0 Å². The summed E-state index contributed by atoms with van der Waals surface area (Å²) in [6, 6.07) is 5.42. The van der Waals surface area contributed by atoms with Gasteiger partial charge in [0.25, 0.3) is 0 Å². The first-order chi connectivity index (χ1) is 10.1. The van der Waals surface area contributed by atoms with Gasteiger partial charge in [0.2, 0.25) is 0 Å². The van der Waals surface area contributed by atoms with E-state index in [2.05, 4.69) is 22.6 Å². The molecule has 6 heteroatoms. The number of ether oxygens (including phenoxy) is 1. The summed E-state index contributed by atoms with van der Waals surface area (Å²) in [7, 11) is 3.79. The van der Waals surface area contributed by atoms with E-state index in [4.69, 9.17) is 28.6 Å². The molecular weight excluding hydrogens is 306 g/mol. The molecule has 0 unspecified atom stereocenters. The van der Waals surface area contributed by atoms with Gasteiger partial charge in [0.1, 0.15) is 5.75 Å². The lowest BCUT2D eigenvalue weighted by Crippen LogP contribution is -2.40. The molecule has 0 aliphatic carbocycles. The minimum absolute atomic E-state index is 0.601. The van der Waals surface area contributed by atoms with Crippen LogP contribution in [0.15, 0.2) is 18.2 Å². The van der Waals surface area contributed by atoms with Gasteiger partial charge < -0.3 is 20.3 Å². The van der Waals surface area contributed by atoms with Gasteiger partial charge in [-0.1, -0.05) is 11.6 Å². The molecule has 0 amide bonds. The second-order valence-electron chi connectivity index (χ2n) is 5.45. The summed E-state index contributed by atoms with van der Waals surface area (Å²) in [4.78, 5) is 2.37. The number of piperidine rings is 1. The molecule has 1 atom stereocenters. The van der Waals surface area contributed by atoms with Gasteiger partial charge in [-0.25, -0.2) is 0 Å². The van der Waals surface area contributed by atoms with Crippen LogP contribution >= 0.6 is 23.8 Å². The van der Waals surface area contributed by atoms with Crippen molar-refractivity contribution in [2.24, 2.45) is 5.92 Å². The van der Waals surface area contributed by atoms with Crippen molar-refractivity contribution in [1.29, 1.82) is 0 Å². The average molecular weight is 328 g/mol. The molecule has 1 aliphatic rings. The lowest BCUT2D eigenvalue weighted by Gasteiger charge is -2.30. The Morgan fingerprint density at radius 1 is 1.52 bits per heavy atom. The van der Waals surface area contributed by atoms with E-state index in [-0.39, 0.29) is 0 Å². The molecule has 2 rings (SSSR count). The Balaban J connectivity index is 1.85. The SMILES string of the molecule is COc1ccc(Cl)cc1NC(=S)NC[C@@H]1CCCN(C)C1. The second-order valence-corrected chi connectivity index (χ2v) is 6.29. The Morgan fingerprint density at radius 3 is 3.05 bits per heavy atom. The Hall–Kier alpha value is -1.04. The van der Waals surface area contributed by atoms with Crippen molar-refractivity contribution >= 4 is 34.6 Å². The molecule has 0 saturated carbocycles. The van der Waals surface area contributed by atoms with E-state index in [0.717, 1.165) is 24.5 Å².